The largest absolute Gasteiger partial charge is 0.256 e. The number of benzene rings is 1. The molecule has 1 aromatic heterocycles. The SMILES string of the molecule is Cc1cccc2ncccc12. The molecule has 0 spiro atoms. The summed E-state index contributed by atoms with van der Waals surface area (Å²) >= 11 is 0. The fourth-order valence-electron chi connectivity index (χ4n) is 1.26. The molecule has 2 rings (SSSR count). The van der Waals surface area contributed by atoms with Crippen LogP contribution in [-0.2, 0) is 0 Å². The van der Waals surface area contributed by atoms with Crippen molar-refractivity contribution in [2.45, 2.75) is 6.92 Å². The summed E-state index contributed by atoms with van der Waals surface area (Å²) in [6.45, 7) is 2.10. The van der Waals surface area contributed by atoms with Gasteiger partial charge in [0.15, 0.2) is 0 Å². The lowest BCUT2D eigenvalue weighted by molar-refractivity contribution is 1.39. The Balaban J connectivity index is 2.91. The summed E-state index contributed by atoms with van der Waals surface area (Å²) in [4.78, 5) is 4.24. The van der Waals surface area contributed by atoms with E-state index in [-0.39, 0.29) is 0 Å². The first kappa shape index (κ1) is 6.35. The maximum atomic E-state index is 4.24. The van der Waals surface area contributed by atoms with E-state index in [4.69, 9.17) is 0 Å². The van der Waals surface area contributed by atoms with Gasteiger partial charge in [0.05, 0.1) is 5.52 Å². The summed E-state index contributed by atoms with van der Waals surface area (Å²) in [6.07, 6.45) is 1.82. The Morgan fingerprint density at radius 2 is 2.00 bits per heavy atom. The highest BCUT2D eigenvalue weighted by Gasteiger charge is 1.93. The lowest BCUT2D eigenvalue weighted by Gasteiger charge is -1.97. The first-order chi connectivity index (χ1) is 5.38. The van der Waals surface area contributed by atoms with Crippen molar-refractivity contribution in [1.82, 2.24) is 4.98 Å². The Hall–Kier alpha value is -1.37. The number of rotatable bonds is 0. The first-order valence-electron chi connectivity index (χ1n) is 3.68. The Kier molecular flexibility index (Phi) is 1.35. The van der Waals surface area contributed by atoms with Crippen LogP contribution < -0.4 is 0 Å². The number of fused-ring (bicyclic) bond motifs is 1. The van der Waals surface area contributed by atoms with E-state index in [1.807, 2.05) is 24.4 Å². The number of hydrogen-bond acceptors (Lipinski definition) is 1. The van der Waals surface area contributed by atoms with Gasteiger partial charge in [-0.05, 0) is 24.6 Å². The Bertz CT molecular complexity index is 374. The molecular weight excluding hydrogens is 134 g/mol. The molecule has 0 radical (unpaired) electrons. The van der Waals surface area contributed by atoms with E-state index in [1.54, 1.807) is 0 Å². The Morgan fingerprint density at radius 3 is 2.82 bits per heavy atom. The molecule has 2 aromatic rings. The second-order valence-corrected chi connectivity index (χ2v) is 2.64. The first-order valence-corrected chi connectivity index (χ1v) is 3.68. The predicted octanol–water partition coefficient (Wildman–Crippen LogP) is 2.54. The zero-order chi connectivity index (χ0) is 7.68. The van der Waals surface area contributed by atoms with Crippen LogP contribution in [-0.4, -0.2) is 4.98 Å². The quantitative estimate of drug-likeness (QED) is 0.552. The van der Waals surface area contributed by atoms with Gasteiger partial charge in [0.25, 0.3) is 0 Å². The molecule has 0 bridgehead atoms. The summed E-state index contributed by atoms with van der Waals surface area (Å²) < 4.78 is 0. The van der Waals surface area contributed by atoms with Gasteiger partial charge >= 0.3 is 0 Å². The molecule has 1 heterocycles. The van der Waals surface area contributed by atoms with Crippen LogP contribution in [0, 0.1) is 6.92 Å². The van der Waals surface area contributed by atoms with Crippen LogP contribution in [0.1, 0.15) is 5.56 Å². The Morgan fingerprint density at radius 1 is 1.09 bits per heavy atom. The summed E-state index contributed by atoms with van der Waals surface area (Å²) in [5, 5.41) is 1.25. The van der Waals surface area contributed by atoms with Crippen molar-refractivity contribution in [2.24, 2.45) is 0 Å². The van der Waals surface area contributed by atoms with Gasteiger partial charge in [-0.25, -0.2) is 0 Å². The molecule has 54 valence electrons. The topological polar surface area (TPSA) is 12.9 Å². The zero-order valence-electron chi connectivity index (χ0n) is 6.41. The van der Waals surface area contributed by atoms with Gasteiger partial charge < -0.3 is 0 Å². The van der Waals surface area contributed by atoms with E-state index in [2.05, 4.69) is 24.0 Å². The molecular formula is C10H9N. The lowest BCUT2D eigenvalue weighted by Crippen LogP contribution is -1.79. The van der Waals surface area contributed by atoms with Gasteiger partial charge in [-0.2, -0.15) is 0 Å². The minimum Gasteiger partial charge on any atom is -0.256 e. The average molecular weight is 143 g/mol. The monoisotopic (exact) mass is 143 g/mol. The molecule has 0 aliphatic carbocycles. The van der Waals surface area contributed by atoms with Crippen molar-refractivity contribution in [3.05, 3.63) is 42.1 Å². The zero-order valence-corrected chi connectivity index (χ0v) is 6.41. The van der Waals surface area contributed by atoms with Crippen molar-refractivity contribution in [1.29, 1.82) is 0 Å². The van der Waals surface area contributed by atoms with Crippen molar-refractivity contribution < 1.29 is 0 Å². The van der Waals surface area contributed by atoms with Gasteiger partial charge in [-0.1, -0.05) is 18.2 Å². The van der Waals surface area contributed by atoms with Crippen molar-refractivity contribution in [3.8, 4) is 0 Å². The van der Waals surface area contributed by atoms with Crippen LogP contribution in [0.3, 0.4) is 0 Å². The van der Waals surface area contributed by atoms with E-state index in [0.717, 1.165) is 5.52 Å². The van der Waals surface area contributed by atoms with Gasteiger partial charge in [-0.3, -0.25) is 4.98 Å². The van der Waals surface area contributed by atoms with E-state index < -0.39 is 0 Å². The smallest absolute Gasteiger partial charge is 0.0704 e. The van der Waals surface area contributed by atoms with E-state index in [0.29, 0.717) is 0 Å². The maximum Gasteiger partial charge on any atom is 0.0704 e. The normalized spacial score (nSPS) is 10.3. The van der Waals surface area contributed by atoms with E-state index in [9.17, 15) is 0 Å². The van der Waals surface area contributed by atoms with Gasteiger partial charge in [-0.15, -0.1) is 0 Å². The molecule has 0 aliphatic rings. The standard InChI is InChI=1S/C10H9N/c1-8-4-2-6-10-9(8)5-3-7-11-10/h2-7H,1H3. The minimum absolute atomic E-state index is 1.08. The maximum absolute atomic E-state index is 4.24. The van der Waals surface area contributed by atoms with Gasteiger partial charge in [0.2, 0.25) is 0 Å². The third-order valence-corrected chi connectivity index (χ3v) is 1.86. The molecule has 0 saturated heterocycles. The van der Waals surface area contributed by atoms with Crippen molar-refractivity contribution >= 4 is 10.9 Å². The van der Waals surface area contributed by atoms with E-state index >= 15 is 0 Å². The average Bonchev–Trinajstić information content (AvgIpc) is 2.06. The van der Waals surface area contributed by atoms with Crippen LogP contribution >= 0.6 is 0 Å². The minimum atomic E-state index is 1.08. The molecule has 0 N–H and O–H groups in total. The van der Waals surface area contributed by atoms with Crippen LogP contribution in [0.25, 0.3) is 10.9 Å². The Labute approximate surface area is 65.7 Å². The number of nitrogens with zero attached hydrogens (tertiary/aromatic N) is 1. The van der Waals surface area contributed by atoms with Crippen LogP contribution in [0.15, 0.2) is 36.5 Å². The van der Waals surface area contributed by atoms with Gasteiger partial charge in [0.1, 0.15) is 0 Å². The molecule has 0 atom stereocenters. The molecule has 0 aliphatic heterocycles. The third kappa shape index (κ3) is 0.984. The van der Waals surface area contributed by atoms with Crippen molar-refractivity contribution in [2.75, 3.05) is 0 Å². The summed E-state index contributed by atoms with van der Waals surface area (Å²) in [5.41, 5.74) is 2.36. The molecule has 0 amide bonds. The molecule has 11 heavy (non-hydrogen) atoms. The van der Waals surface area contributed by atoms with Gasteiger partial charge in [0, 0.05) is 11.6 Å². The predicted molar refractivity (Wildman–Crippen MR) is 46.5 cm³/mol. The molecule has 1 heteroatoms. The number of aromatic nitrogens is 1. The molecule has 0 fully saturated rings. The van der Waals surface area contributed by atoms with Crippen molar-refractivity contribution in [3.63, 3.8) is 0 Å². The van der Waals surface area contributed by atoms with Crippen LogP contribution in [0.2, 0.25) is 0 Å². The summed E-state index contributed by atoms with van der Waals surface area (Å²) in [6, 6.07) is 10.2. The number of aryl methyl sites for hydroxylation is 1. The highest BCUT2D eigenvalue weighted by atomic mass is 14.6. The third-order valence-electron chi connectivity index (χ3n) is 1.86. The molecule has 1 nitrogen and oxygen atoms in total. The number of pyridine rings is 1. The summed E-state index contributed by atoms with van der Waals surface area (Å²) in [7, 11) is 0. The van der Waals surface area contributed by atoms with Crippen LogP contribution in [0.4, 0.5) is 0 Å². The fourth-order valence-corrected chi connectivity index (χ4v) is 1.26. The molecule has 0 unspecified atom stereocenters. The lowest BCUT2D eigenvalue weighted by atomic mass is 10.1. The fraction of sp³-hybridized carbons (Fsp3) is 0.100. The summed E-state index contributed by atoms with van der Waals surface area (Å²) in [5.74, 6) is 0. The highest BCUT2D eigenvalue weighted by molar-refractivity contribution is 5.81. The second-order valence-electron chi connectivity index (χ2n) is 2.64. The number of hydrogen-bond donors (Lipinski definition) is 0. The molecule has 1 aromatic carbocycles. The second kappa shape index (κ2) is 2.35. The molecule has 0 saturated carbocycles. The highest BCUT2D eigenvalue weighted by Crippen LogP contribution is 2.14. The van der Waals surface area contributed by atoms with Crippen LogP contribution in [0.5, 0.6) is 0 Å². The van der Waals surface area contributed by atoms with E-state index in [1.165, 1.54) is 10.9 Å².